The molecule has 4 aromatic rings. The van der Waals surface area contributed by atoms with E-state index in [1.54, 1.807) is 17.9 Å². The summed E-state index contributed by atoms with van der Waals surface area (Å²) in [5, 5.41) is 4.46. The van der Waals surface area contributed by atoms with E-state index in [4.69, 9.17) is 4.52 Å². The number of carbonyl (C=O) groups is 1. The van der Waals surface area contributed by atoms with Gasteiger partial charge in [0.1, 0.15) is 5.76 Å². The van der Waals surface area contributed by atoms with Gasteiger partial charge in [-0.15, -0.1) is 0 Å². The number of nitrogens with zero attached hydrogens (tertiary/aromatic N) is 3. The molecule has 0 radical (unpaired) electrons. The Balaban J connectivity index is 1.85. The highest BCUT2D eigenvalue weighted by molar-refractivity contribution is 7.22. The van der Waals surface area contributed by atoms with Crippen LogP contribution < -0.4 is 4.90 Å². The van der Waals surface area contributed by atoms with Crippen molar-refractivity contribution in [3.05, 3.63) is 72.1 Å². The Labute approximate surface area is 142 Å². The highest BCUT2D eigenvalue weighted by atomic mass is 32.1. The SMILES string of the molecule is Cc1cc(C(=O)N(c2ccccc2)c2nc3ccccc3s2)no1. The summed E-state index contributed by atoms with van der Waals surface area (Å²) >= 11 is 1.47. The second kappa shape index (κ2) is 5.90. The maximum Gasteiger partial charge on any atom is 0.286 e. The van der Waals surface area contributed by atoms with E-state index >= 15 is 0 Å². The number of amides is 1. The maximum absolute atomic E-state index is 13.0. The van der Waals surface area contributed by atoms with Gasteiger partial charge in [0.25, 0.3) is 5.91 Å². The maximum atomic E-state index is 13.0. The Kier molecular flexibility index (Phi) is 3.59. The van der Waals surface area contributed by atoms with Crippen molar-refractivity contribution in [3.63, 3.8) is 0 Å². The van der Waals surface area contributed by atoms with Crippen LogP contribution in [0.25, 0.3) is 10.2 Å². The van der Waals surface area contributed by atoms with Crippen molar-refractivity contribution >= 4 is 38.3 Å². The summed E-state index contributed by atoms with van der Waals surface area (Å²) in [5.74, 6) is 0.327. The van der Waals surface area contributed by atoms with E-state index < -0.39 is 0 Å². The molecule has 0 unspecified atom stereocenters. The largest absolute Gasteiger partial charge is 0.361 e. The molecule has 0 bridgehead atoms. The number of benzene rings is 2. The summed E-state index contributed by atoms with van der Waals surface area (Å²) in [4.78, 5) is 19.2. The molecule has 2 aromatic carbocycles. The summed E-state index contributed by atoms with van der Waals surface area (Å²) in [7, 11) is 0. The normalized spacial score (nSPS) is 10.9. The zero-order valence-electron chi connectivity index (χ0n) is 12.8. The fourth-order valence-electron chi connectivity index (χ4n) is 2.43. The number of aryl methyl sites for hydroxylation is 1. The number of aromatic nitrogens is 2. The van der Waals surface area contributed by atoms with Crippen molar-refractivity contribution in [1.82, 2.24) is 10.1 Å². The number of hydrogen-bond donors (Lipinski definition) is 0. The molecule has 0 fully saturated rings. The Hall–Kier alpha value is -2.99. The number of fused-ring (bicyclic) bond motifs is 1. The van der Waals surface area contributed by atoms with E-state index in [-0.39, 0.29) is 11.6 Å². The molecule has 1 amide bonds. The fraction of sp³-hybridized carbons (Fsp3) is 0.0556. The fourth-order valence-corrected chi connectivity index (χ4v) is 3.41. The molecular formula is C18H13N3O2S. The van der Waals surface area contributed by atoms with Crippen LogP contribution in [-0.2, 0) is 0 Å². The van der Waals surface area contributed by atoms with E-state index in [0.717, 1.165) is 15.9 Å². The first-order valence-electron chi connectivity index (χ1n) is 7.41. The minimum atomic E-state index is -0.267. The third kappa shape index (κ3) is 2.57. The lowest BCUT2D eigenvalue weighted by Gasteiger charge is -2.18. The minimum Gasteiger partial charge on any atom is -0.361 e. The summed E-state index contributed by atoms with van der Waals surface area (Å²) in [5.41, 5.74) is 1.86. The number of hydrogen-bond acceptors (Lipinski definition) is 5. The monoisotopic (exact) mass is 335 g/mol. The lowest BCUT2D eigenvalue weighted by atomic mass is 10.2. The van der Waals surface area contributed by atoms with Crippen molar-refractivity contribution < 1.29 is 9.32 Å². The number of thiazole rings is 1. The quantitative estimate of drug-likeness (QED) is 0.550. The lowest BCUT2D eigenvalue weighted by Crippen LogP contribution is -2.26. The number of para-hydroxylation sites is 2. The highest BCUT2D eigenvalue weighted by Gasteiger charge is 2.25. The van der Waals surface area contributed by atoms with Crippen molar-refractivity contribution in [2.75, 3.05) is 4.90 Å². The molecule has 118 valence electrons. The summed E-state index contributed by atoms with van der Waals surface area (Å²) < 4.78 is 6.08. The molecule has 4 rings (SSSR count). The molecule has 5 nitrogen and oxygen atoms in total. The second-order valence-electron chi connectivity index (χ2n) is 5.26. The third-order valence-electron chi connectivity index (χ3n) is 3.54. The van der Waals surface area contributed by atoms with E-state index in [9.17, 15) is 4.79 Å². The first kappa shape index (κ1) is 14.6. The Bertz CT molecular complexity index is 974. The van der Waals surface area contributed by atoms with Crippen LogP contribution in [0.4, 0.5) is 10.8 Å². The van der Waals surface area contributed by atoms with E-state index in [1.165, 1.54) is 11.3 Å². The van der Waals surface area contributed by atoms with Gasteiger partial charge in [0.15, 0.2) is 10.8 Å². The summed E-state index contributed by atoms with van der Waals surface area (Å²) in [6, 6.07) is 18.9. The predicted octanol–water partition coefficient (Wildman–Crippen LogP) is 4.57. The molecule has 6 heteroatoms. The van der Waals surface area contributed by atoms with Crippen LogP contribution in [0.5, 0.6) is 0 Å². The zero-order valence-corrected chi connectivity index (χ0v) is 13.7. The van der Waals surface area contributed by atoms with Crippen LogP contribution in [0.3, 0.4) is 0 Å². The highest BCUT2D eigenvalue weighted by Crippen LogP contribution is 2.34. The number of carbonyl (C=O) groups excluding carboxylic acids is 1. The Morgan fingerprint density at radius 2 is 1.83 bits per heavy atom. The van der Waals surface area contributed by atoms with Gasteiger partial charge in [-0.2, -0.15) is 0 Å². The molecule has 0 saturated carbocycles. The first-order valence-corrected chi connectivity index (χ1v) is 8.22. The molecule has 0 aliphatic carbocycles. The van der Waals surface area contributed by atoms with E-state index in [2.05, 4.69) is 10.1 Å². The van der Waals surface area contributed by atoms with E-state index in [1.807, 2.05) is 54.6 Å². The van der Waals surface area contributed by atoms with Crippen LogP contribution in [0.2, 0.25) is 0 Å². The molecular weight excluding hydrogens is 322 g/mol. The van der Waals surface area contributed by atoms with Gasteiger partial charge in [0.2, 0.25) is 0 Å². The molecule has 0 atom stereocenters. The van der Waals surface area contributed by atoms with E-state index in [0.29, 0.717) is 10.9 Å². The van der Waals surface area contributed by atoms with Crippen molar-refractivity contribution in [3.8, 4) is 0 Å². The number of rotatable bonds is 3. The predicted molar refractivity (Wildman–Crippen MR) is 93.8 cm³/mol. The molecule has 0 N–H and O–H groups in total. The summed E-state index contributed by atoms with van der Waals surface area (Å²) in [6.45, 7) is 1.76. The Morgan fingerprint density at radius 3 is 2.54 bits per heavy atom. The van der Waals surface area contributed by atoms with Crippen molar-refractivity contribution in [1.29, 1.82) is 0 Å². The lowest BCUT2D eigenvalue weighted by molar-refractivity contribution is 0.0990. The molecule has 0 saturated heterocycles. The molecule has 2 aromatic heterocycles. The average molecular weight is 335 g/mol. The molecule has 0 aliphatic rings. The van der Waals surface area contributed by atoms with Gasteiger partial charge < -0.3 is 4.52 Å². The Morgan fingerprint density at radius 1 is 1.08 bits per heavy atom. The topological polar surface area (TPSA) is 59.2 Å². The van der Waals surface area contributed by atoms with Crippen molar-refractivity contribution in [2.45, 2.75) is 6.92 Å². The van der Waals surface area contributed by atoms with Gasteiger partial charge in [-0.3, -0.25) is 9.69 Å². The second-order valence-corrected chi connectivity index (χ2v) is 6.27. The van der Waals surface area contributed by atoms with Gasteiger partial charge in [0, 0.05) is 6.07 Å². The minimum absolute atomic E-state index is 0.260. The molecule has 24 heavy (non-hydrogen) atoms. The van der Waals surface area contributed by atoms with Crippen LogP contribution in [0, 0.1) is 6.92 Å². The van der Waals surface area contributed by atoms with Gasteiger partial charge >= 0.3 is 0 Å². The zero-order chi connectivity index (χ0) is 16.5. The van der Waals surface area contributed by atoms with Crippen LogP contribution in [0.15, 0.2) is 65.2 Å². The number of anilines is 2. The summed E-state index contributed by atoms with van der Waals surface area (Å²) in [6.07, 6.45) is 0. The third-order valence-corrected chi connectivity index (χ3v) is 4.56. The van der Waals surface area contributed by atoms with Crippen LogP contribution in [-0.4, -0.2) is 16.0 Å². The molecule has 0 aliphatic heterocycles. The van der Waals surface area contributed by atoms with Gasteiger partial charge in [-0.1, -0.05) is 46.8 Å². The van der Waals surface area contributed by atoms with Gasteiger partial charge in [-0.25, -0.2) is 4.98 Å². The average Bonchev–Trinajstić information content (AvgIpc) is 3.22. The molecule has 0 spiro atoms. The van der Waals surface area contributed by atoms with Gasteiger partial charge in [-0.05, 0) is 31.2 Å². The van der Waals surface area contributed by atoms with Crippen LogP contribution >= 0.6 is 11.3 Å². The van der Waals surface area contributed by atoms with Gasteiger partial charge in [0.05, 0.1) is 15.9 Å². The smallest absolute Gasteiger partial charge is 0.286 e. The first-order chi connectivity index (χ1) is 11.7. The standard InChI is InChI=1S/C18H13N3O2S/c1-12-11-15(20-23-12)17(22)21(13-7-3-2-4-8-13)18-19-14-9-5-6-10-16(14)24-18/h2-11H,1H3. The van der Waals surface area contributed by atoms with Crippen LogP contribution in [0.1, 0.15) is 16.2 Å². The van der Waals surface area contributed by atoms with Crippen molar-refractivity contribution in [2.24, 2.45) is 0 Å². The molecule has 2 heterocycles.